The number of hydrogen-bond acceptors (Lipinski definition) is 8. The number of sulfone groups is 1. The fourth-order valence-corrected chi connectivity index (χ4v) is 4.45. The molecule has 1 amide bonds. The highest BCUT2D eigenvalue weighted by Gasteiger charge is 2.19. The van der Waals surface area contributed by atoms with Gasteiger partial charge in [-0.25, -0.2) is 8.42 Å². The van der Waals surface area contributed by atoms with Gasteiger partial charge in [0.15, 0.2) is 15.6 Å². The molecule has 1 aliphatic heterocycles. The van der Waals surface area contributed by atoms with E-state index in [4.69, 9.17) is 9.15 Å². The highest BCUT2D eigenvalue weighted by atomic mass is 32.2. The number of furan rings is 1. The number of pyridine rings is 1. The first-order chi connectivity index (χ1) is 14.9. The van der Waals surface area contributed by atoms with E-state index in [1.807, 2.05) is 12.1 Å². The first-order valence-corrected chi connectivity index (χ1v) is 12.0. The summed E-state index contributed by atoms with van der Waals surface area (Å²) in [6.45, 7) is 3.88. The van der Waals surface area contributed by atoms with E-state index >= 15 is 0 Å². The smallest absolute Gasteiger partial charge is 0.235 e. The number of amides is 1. The fourth-order valence-electron chi connectivity index (χ4n) is 3.25. The molecule has 168 valence electrons. The lowest BCUT2D eigenvalue weighted by Crippen LogP contribution is -2.35. The number of rotatable bonds is 11. The average Bonchev–Trinajstić information content (AvgIpc) is 3.23. The van der Waals surface area contributed by atoms with E-state index in [2.05, 4.69) is 15.2 Å². The summed E-state index contributed by atoms with van der Waals surface area (Å²) in [4.78, 5) is 30.6. The molecule has 3 rings (SSSR count). The Morgan fingerprint density at radius 2 is 2.00 bits per heavy atom. The highest BCUT2D eigenvalue weighted by Crippen LogP contribution is 2.10. The zero-order valence-corrected chi connectivity index (χ0v) is 18.1. The van der Waals surface area contributed by atoms with Crippen LogP contribution < -0.4 is 5.32 Å². The predicted molar refractivity (Wildman–Crippen MR) is 113 cm³/mol. The van der Waals surface area contributed by atoms with Crippen molar-refractivity contribution in [1.29, 1.82) is 0 Å². The summed E-state index contributed by atoms with van der Waals surface area (Å²) in [7, 11) is -3.66. The maximum absolute atomic E-state index is 12.1. The zero-order chi connectivity index (χ0) is 22.1. The molecule has 0 saturated carbocycles. The van der Waals surface area contributed by atoms with Crippen molar-refractivity contribution in [2.24, 2.45) is 0 Å². The minimum absolute atomic E-state index is 0.183. The molecule has 31 heavy (non-hydrogen) atoms. The van der Waals surface area contributed by atoms with Crippen LogP contribution in [0.5, 0.6) is 0 Å². The first-order valence-electron chi connectivity index (χ1n) is 10.1. The molecular formula is C21H27N3O6S. The monoisotopic (exact) mass is 449 g/mol. The average molecular weight is 450 g/mol. The molecule has 1 N–H and O–H groups in total. The van der Waals surface area contributed by atoms with Crippen molar-refractivity contribution in [3.8, 4) is 0 Å². The number of aromatic nitrogens is 1. The molecule has 0 unspecified atom stereocenters. The molecule has 1 fully saturated rings. The van der Waals surface area contributed by atoms with Gasteiger partial charge >= 0.3 is 0 Å². The van der Waals surface area contributed by atoms with Crippen LogP contribution in [0.2, 0.25) is 0 Å². The van der Waals surface area contributed by atoms with Crippen LogP contribution in [0.15, 0.2) is 41.1 Å². The summed E-state index contributed by atoms with van der Waals surface area (Å²) in [5, 5.41) is 2.38. The van der Waals surface area contributed by atoms with E-state index in [-0.39, 0.29) is 30.3 Å². The van der Waals surface area contributed by atoms with Gasteiger partial charge in [-0.3, -0.25) is 19.5 Å². The van der Waals surface area contributed by atoms with E-state index in [0.29, 0.717) is 6.42 Å². The van der Waals surface area contributed by atoms with E-state index in [0.717, 1.165) is 44.1 Å². The molecule has 0 spiro atoms. The standard InChI is InChI=1S/C21H27N3O6S/c25-19(13-23-21(26)16-31(27,28)15-20-2-1-9-30-20)4-3-18-12-17(5-6-22-18)14-24-7-10-29-11-8-24/h1-2,5-6,9,12H,3-4,7-8,10-11,13-16H2,(H,23,26). The topological polar surface area (TPSA) is 119 Å². The number of carbonyl (C=O) groups excluding carboxylic acids is 2. The molecule has 0 bridgehead atoms. The van der Waals surface area contributed by atoms with Crippen molar-refractivity contribution in [1.82, 2.24) is 15.2 Å². The molecule has 1 saturated heterocycles. The van der Waals surface area contributed by atoms with Crippen LogP contribution in [-0.2, 0) is 42.9 Å². The van der Waals surface area contributed by atoms with Crippen LogP contribution in [0, 0.1) is 0 Å². The van der Waals surface area contributed by atoms with Crippen molar-refractivity contribution in [2.75, 3.05) is 38.6 Å². The van der Waals surface area contributed by atoms with Gasteiger partial charge in [-0.2, -0.15) is 0 Å². The first kappa shape index (κ1) is 23.1. The van der Waals surface area contributed by atoms with Crippen molar-refractivity contribution in [3.63, 3.8) is 0 Å². The van der Waals surface area contributed by atoms with E-state index in [9.17, 15) is 18.0 Å². The van der Waals surface area contributed by atoms with Crippen LogP contribution in [0.1, 0.15) is 23.4 Å². The largest absolute Gasteiger partial charge is 0.468 e. The van der Waals surface area contributed by atoms with E-state index in [1.165, 1.54) is 12.3 Å². The number of carbonyl (C=O) groups is 2. The molecule has 0 aromatic carbocycles. The molecular weight excluding hydrogens is 422 g/mol. The normalized spacial score (nSPS) is 15.0. The van der Waals surface area contributed by atoms with E-state index in [1.54, 1.807) is 12.3 Å². The molecule has 10 heteroatoms. The quantitative estimate of drug-likeness (QED) is 0.534. The number of nitrogens with zero attached hydrogens (tertiary/aromatic N) is 2. The summed E-state index contributed by atoms with van der Waals surface area (Å²) < 4.78 is 34.4. The number of Topliss-reactive ketones (excluding diaryl/α,β-unsaturated/α-hetero) is 1. The Morgan fingerprint density at radius 3 is 2.74 bits per heavy atom. The summed E-state index contributed by atoms with van der Waals surface area (Å²) in [5.74, 6) is -1.66. The van der Waals surface area contributed by atoms with Gasteiger partial charge in [0.2, 0.25) is 5.91 Å². The molecule has 0 atom stereocenters. The molecule has 2 aromatic rings. The summed E-state index contributed by atoms with van der Waals surface area (Å²) in [6.07, 6.45) is 3.79. The third-order valence-electron chi connectivity index (χ3n) is 4.83. The maximum Gasteiger partial charge on any atom is 0.235 e. The third-order valence-corrected chi connectivity index (χ3v) is 6.25. The lowest BCUT2D eigenvalue weighted by molar-refractivity contribution is -0.123. The van der Waals surface area contributed by atoms with Gasteiger partial charge in [0.1, 0.15) is 17.3 Å². The summed E-state index contributed by atoms with van der Waals surface area (Å²) in [5.41, 5.74) is 1.95. The van der Waals surface area contributed by atoms with Crippen molar-refractivity contribution in [3.05, 3.63) is 53.7 Å². The SMILES string of the molecule is O=C(CCc1cc(CN2CCOCC2)ccn1)CNC(=O)CS(=O)(=O)Cc1ccco1. The van der Waals surface area contributed by atoms with Crippen LogP contribution in [0.3, 0.4) is 0 Å². The van der Waals surface area contributed by atoms with Crippen molar-refractivity contribution >= 4 is 21.5 Å². The number of nitrogens with one attached hydrogen (secondary N) is 1. The number of hydrogen-bond donors (Lipinski definition) is 1. The molecule has 9 nitrogen and oxygen atoms in total. The van der Waals surface area contributed by atoms with Crippen LogP contribution >= 0.6 is 0 Å². The Hall–Kier alpha value is -2.56. The van der Waals surface area contributed by atoms with Gasteiger partial charge in [0.25, 0.3) is 0 Å². The Kier molecular flexibility index (Phi) is 8.33. The maximum atomic E-state index is 12.1. The van der Waals surface area contributed by atoms with Crippen LogP contribution in [-0.4, -0.2) is 68.6 Å². The second kappa shape index (κ2) is 11.2. The van der Waals surface area contributed by atoms with Crippen molar-refractivity contribution < 1.29 is 27.2 Å². The highest BCUT2D eigenvalue weighted by molar-refractivity contribution is 7.91. The van der Waals surface area contributed by atoms with Gasteiger partial charge in [0.05, 0.1) is 26.0 Å². The molecule has 2 aromatic heterocycles. The molecule has 0 aliphatic carbocycles. The van der Waals surface area contributed by atoms with Gasteiger partial charge in [-0.1, -0.05) is 0 Å². The summed E-state index contributed by atoms with van der Waals surface area (Å²) in [6, 6.07) is 7.06. The zero-order valence-electron chi connectivity index (χ0n) is 17.3. The lowest BCUT2D eigenvalue weighted by atomic mass is 10.1. The predicted octanol–water partition coefficient (Wildman–Crippen LogP) is 0.740. The number of aryl methyl sites for hydroxylation is 1. The van der Waals surface area contributed by atoms with Gasteiger partial charge < -0.3 is 14.5 Å². The summed E-state index contributed by atoms with van der Waals surface area (Å²) >= 11 is 0. The number of ketones is 1. The van der Waals surface area contributed by atoms with Gasteiger partial charge in [0, 0.05) is 37.9 Å². The number of ether oxygens (including phenoxy) is 1. The van der Waals surface area contributed by atoms with Crippen LogP contribution in [0.25, 0.3) is 0 Å². The Balaban J connectivity index is 1.38. The minimum Gasteiger partial charge on any atom is -0.468 e. The minimum atomic E-state index is -3.66. The Morgan fingerprint density at radius 1 is 1.19 bits per heavy atom. The molecule has 1 aliphatic rings. The lowest BCUT2D eigenvalue weighted by Gasteiger charge is -2.26. The molecule has 3 heterocycles. The number of morpholine rings is 1. The van der Waals surface area contributed by atoms with Crippen LogP contribution in [0.4, 0.5) is 0 Å². The Labute approximate surface area is 181 Å². The van der Waals surface area contributed by atoms with Gasteiger partial charge in [-0.05, 0) is 36.2 Å². The second-order valence-corrected chi connectivity index (χ2v) is 9.54. The second-order valence-electron chi connectivity index (χ2n) is 7.47. The van der Waals surface area contributed by atoms with Crippen molar-refractivity contribution in [2.45, 2.75) is 25.1 Å². The third kappa shape index (κ3) is 8.23. The fraction of sp³-hybridized carbons (Fsp3) is 0.476. The Bertz CT molecular complexity index is 969. The molecule has 0 radical (unpaired) electrons. The van der Waals surface area contributed by atoms with Gasteiger partial charge in [-0.15, -0.1) is 0 Å². The van der Waals surface area contributed by atoms with E-state index < -0.39 is 21.5 Å².